The van der Waals surface area contributed by atoms with Gasteiger partial charge in [0.25, 0.3) is 0 Å². The molecule has 1 aromatic carbocycles. The zero-order chi connectivity index (χ0) is 19.4. The second-order valence-corrected chi connectivity index (χ2v) is 8.10. The smallest absolute Gasteiger partial charge is 0.324 e. The molecule has 0 aliphatic carbocycles. The van der Waals surface area contributed by atoms with E-state index in [9.17, 15) is 19.5 Å². The molecule has 0 bridgehead atoms. The van der Waals surface area contributed by atoms with Gasteiger partial charge in [0.15, 0.2) is 0 Å². The first-order valence-electron chi connectivity index (χ1n) is 8.99. The van der Waals surface area contributed by atoms with Crippen LogP contribution in [-0.4, -0.2) is 40.4 Å². The summed E-state index contributed by atoms with van der Waals surface area (Å²) in [6, 6.07) is 5.44. The van der Waals surface area contributed by atoms with Crippen LogP contribution < -0.4 is 5.32 Å². The highest BCUT2D eigenvalue weighted by molar-refractivity contribution is 6.09. The number of hydrogen-bond donors (Lipinski definition) is 2. The predicted octanol–water partition coefficient (Wildman–Crippen LogP) is 2.05. The number of fused-ring (bicyclic) bond motifs is 1. The summed E-state index contributed by atoms with van der Waals surface area (Å²) < 4.78 is 0. The Bertz CT molecular complexity index is 788. The molecular weight excluding hydrogens is 332 g/mol. The average Bonchev–Trinajstić information content (AvgIpc) is 3.00. The number of rotatable bonds is 4. The summed E-state index contributed by atoms with van der Waals surface area (Å²) in [5, 5.41) is 13.3. The molecule has 2 aliphatic rings. The highest BCUT2D eigenvalue weighted by Gasteiger charge is 2.67. The molecule has 0 saturated carbocycles. The molecule has 6 heteroatoms. The van der Waals surface area contributed by atoms with E-state index < -0.39 is 35.3 Å². The minimum atomic E-state index is -1.43. The van der Waals surface area contributed by atoms with Gasteiger partial charge in [0.1, 0.15) is 5.54 Å². The molecule has 26 heavy (non-hydrogen) atoms. The maximum atomic E-state index is 12.8. The zero-order valence-electron chi connectivity index (χ0n) is 15.9. The molecule has 2 N–H and O–H groups in total. The van der Waals surface area contributed by atoms with Gasteiger partial charge in [-0.05, 0) is 37.3 Å². The van der Waals surface area contributed by atoms with Crippen molar-refractivity contribution in [3.63, 3.8) is 0 Å². The second-order valence-electron chi connectivity index (χ2n) is 8.10. The third-order valence-corrected chi connectivity index (χ3v) is 5.76. The molecule has 3 rings (SSSR count). The molecule has 4 atom stereocenters. The predicted molar refractivity (Wildman–Crippen MR) is 96.4 cm³/mol. The summed E-state index contributed by atoms with van der Waals surface area (Å²) in [7, 11) is 1.45. The van der Waals surface area contributed by atoms with Gasteiger partial charge in [-0.25, -0.2) is 0 Å². The van der Waals surface area contributed by atoms with Crippen LogP contribution in [0.25, 0.3) is 0 Å². The SMILES string of the molecule is Cc1ccc(C)c(C2NC(CC(C)C)(C(=O)O)C3C(=O)N(C)C(=O)C23)c1. The van der Waals surface area contributed by atoms with E-state index in [4.69, 9.17) is 0 Å². The Morgan fingerprint density at radius 2 is 1.92 bits per heavy atom. The van der Waals surface area contributed by atoms with Crippen LogP contribution in [0.1, 0.15) is 43.0 Å². The van der Waals surface area contributed by atoms with Crippen molar-refractivity contribution < 1.29 is 19.5 Å². The summed E-state index contributed by atoms with van der Waals surface area (Å²) in [6.07, 6.45) is 0.289. The average molecular weight is 358 g/mol. The number of likely N-dealkylation sites (tertiary alicyclic amines) is 1. The van der Waals surface area contributed by atoms with Crippen LogP contribution in [0, 0.1) is 31.6 Å². The molecule has 4 unspecified atom stereocenters. The molecule has 0 spiro atoms. The third kappa shape index (κ3) is 2.55. The lowest BCUT2D eigenvalue weighted by Gasteiger charge is -2.32. The molecule has 2 fully saturated rings. The standard InChI is InChI=1S/C20H26N2O4/c1-10(2)9-20(19(25)26)15-14(17(23)22(5)18(15)24)16(21-20)13-8-11(3)6-7-12(13)4/h6-8,10,14-16,21H,9H2,1-5H3,(H,25,26). The highest BCUT2D eigenvalue weighted by atomic mass is 16.4. The van der Waals surface area contributed by atoms with Gasteiger partial charge in [0.05, 0.1) is 11.8 Å². The summed E-state index contributed by atoms with van der Waals surface area (Å²) in [5.74, 6) is -3.28. The van der Waals surface area contributed by atoms with E-state index in [0.717, 1.165) is 21.6 Å². The summed E-state index contributed by atoms with van der Waals surface area (Å²) in [6.45, 7) is 7.76. The lowest BCUT2D eigenvalue weighted by Crippen LogP contribution is -2.56. The van der Waals surface area contributed by atoms with Gasteiger partial charge in [0.2, 0.25) is 11.8 Å². The van der Waals surface area contributed by atoms with Crippen LogP contribution in [0.3, 0.4) is 0 Å². The van der Waals surface area contributed by atoms with Gasteiger partial charge in [-0.2, -0.15) is 0 Å². The number of nitrogens with zero attached hydrogens (tertiary/aromatic N) is 1. The van der Waals surface area contributed by atoms with Gasteiger partial charge in [0, 0.05) is 13.1 Å². The number of imide groups is 1. The molecular formula is C20H26N2O4. The fraction of sp³-hybridized carbons (Fsp3) is 0.550. The first-order chi connectivity index (χ1) is 12.1. The van der Waals surface area contributed by atoms with Crippen LogP contribution in [0.2, 0.25) is 0 Å². The van der Waals surface area contributed by atoms with Gasteiger partial charge < -0.3 is 5.11 Å². The maximum absolute atomic E-state index is 12.8. The first kappa shape index (κ1) is 18.6. The number of hydrogen-bond acceptors (Lipinski definition) is 4. The van der Waals surface area contributed by atoms with Crippen molar-refractivity contribution in [1.82, 2.24) is 10.2 Å². The number of carboxylic acids is 1. The molecule has 0 radical (unpaired) electrons. The number of carbonyl (C=O) groups excluding carboxylic acids is 2. The van der Waals surface area contributed by atoms with Gasteiger partial charge in [-0.3, -0.25) is 24.6 Å². The number of aryl methyl sites for hydroxylation is 2. The Morgan fingerprint density at radius 3 is 2.50 bits per heavy atom. The lowest BCUT2D eigenvalue weighted by molar-refractivity contribution is -0.151. The van der Waals surface area contributed by atoms with E-state index in [2.05, 4.69) is 5.32 Å². The van der Waals surface area contributed by atoms with E-state index >= 15 is 0 Å². The largest absolute Gasteiger partial charge is 0.480 e. The van der Waals surface area contributed by atoms with Crippen molar-refractivity contribution >= 4 is 17.8 Å². The van der Waals surface area contributed by atoms with E-state index in [-0.39, 0.29) is 18.2 Å². The molecule has 1 aromatic rings. The van der Waals surface area contributed by atoms with Gasteiger partial charge >= 0.3 is 5.97 Å². The van der Waals surface area contributed by atoms with Crippen molar-refractivity contribution in [2.75, 3.05) is 7.05 Å². The van der Waals surface area contributed by atoms with Crippen LogP contribution in [-0.2, 0) is 14.4 Å². The van der Waals surface area contributed by atoms with Crippen LogP contribution in [0.15, 0.2) is 18.2 Å². The summed E-state index contributed by atoms with van der Waals surface area (Å²) >= 11 is 0. The van der Waals surface area contributed by atoms with Crippen molar-refractivity contribution in [2.24, 2.45) is 17.8 Å². The second kappa shape index (κ2) is 6.20. The van der Waals surface area contributed by atoms with E-state index in [1.54, 1.807) is 0 Å². The first-order valence-corrected chi connectivity index (χ1v) is 8.99. The minimum absolute atomic E-state index is 0.0606. The quantitative estimate of drug-likeness (QED) is 0.805. The number of nitrogens with one attached hydrogen (secondary N) is 1. The molecule has 0 aromatic heterocycles. The number of carbonyl (C=O) groups is 3. The van der Waals surface area contributed by atoms with Crippen molar-refractivity contribution in [3.05, 3.63) is 34.9 Å². The number of aliphatic carboxylic acids is 1. The Morgan fingerprint density at radius 1 is 1.27 bits per heavy atom. The highest BCUT2D eigenvalue weighted by Crippen LogP contribution is 2.51. The monoisotopic (exact) mass is 358 g/mol. The maximum Gasteiger partial charge on any atom is 0.324 e. The fourth-order valence-corrected chi connectivity index (χ4v) is 4.62. The zero-order valence-corrected chi connectivity index (χ0v) is 15.9. The van der Waals surface area contributed by atoms with Crippen LogP contribution in [0.5, 0.6) is 0 Å². The number of amides is 2. The molecule has 2 amide bonds. The molecule has 140 valence electrons. The van der Waals surface area contributed by atoms with Crippen molar-refractivity contribution in [1.29, 1.82) is 0 Å². The third-order valence-electron chi connectivity index (χ3n) is 5.76. The Balaban J connectivity index is 2.19. The van der Waals surface area contributed by atoms with E-state index in [0.29, 0.717) is 0 Å². The topological polar surface area (TPSA) is 86.7 Å². The Labute approximate surface area is 153 Å². The van der Waals surface area contributed by atoms with Gasteiger partial charge in [-0.1, -0.05) is 37.6 Å². The Hall–Kier alpha value is -2.21. The van der Waals surface area contributed by atoms with Crippen LogP contribution in [0.4, 0.5) is 0 Å². The number of benzene rings is 1. The molecule has 2 heterocycles. The van der Waals surface area contributed by atoms with E-state index in [1.807, 2.05) is 45.9 Å². The van der Waals surface area contributed by atoms with Gasteiger partial charge in [-0.15, -0.1) is 0 Å². The minimum Gasteiger partial charge on any atom is -0.480 e. The molecule has 2 aliphatic heterocycles. The van der Waals surface area contributed by atoms with Crippen molar-refractivity contribution in [3.8, 4) is 0 Å². The fourth-order valence-electron chi connectivity index (χ4n) is 4.62. The summed E-state index contributed by atoms with van der Waals surface area (Å²) in [5.41, 5.74) is 1.47. The molecule has 2 saturated heterocycles. The Kier molecular flexibility index (Phi) is 4.43. The van der Waals surface area contributed by atoms with Crippen LogP contribution >= 0.6 is 0 Å². The molecule has 6 nitrogen and oxygen atoms in total. The summed E-state index contributed by atoms with van der Waals surface area (Å²) in [4.78, 5) is 39.1. The normalized spacial score (nSPS) is 31.0. The van der Waals surface area contributed by atoms with Crippen molar-refractivity contribution in [2.45, 2.75) is 45.7 Å². The number of carboxylic acid groups (broad SMARTS) is 1. The lowest BCUT2D eigenvalue weighted by atomic mass is 9.75. The van der Waals surface area contributed by atoms with E-state index in [1.165, 1.54) is 7.05 Å².